The smallest absolute Gasteiger partial charge is 0.272 e. The Morgan fingerprint density at radius 3 is 2.35 bits per heavy atom. The van der Waals surface area contributed by atoms with Crippen molar-refractivity contribution in [3.8, 4) is 0 Å². The molecule has 5 rings (SSSR count). The van der Waals surface area contributed by atoms with Crippen LogP contribution in [0.1, 0.15) is 22.3 Å². The lowest BCUT2D eigenvalue weighted by Crippen LogP contribution is -2.31. The molecule has 1 aliphatic rings. The van der Waals surface area contributed by atoms with Crippen LogP contribution < -0.4 is 15.5 Å². The number of anilines is 2. The lowest BCUT2D eigenvalue weighted by molar-refractivity contribution is -0.121. The molecular formula is C32H22Br2FN3O4S. The third kappa shape index (κ3) is 7.30. The molecule has 1 fully saturated rings. The van der Waals surface area contributed by atoms with Gasteiger partial charge in [-0.3, -0.25) is 19.2 Å². The Balaban J connectivity index is 1.35. The van der Waals surface area contributed by atoms with E-state index in [0.717, 1.165) is 4.47 Å². The molecular weight excluding hydrogens is 701 g/mol. The fourth-order valence-electron chi connectivity index (χ4n) is 4.30. The van der Waals surface area contributed by atoms with Gasteiger partial charge in [-0.25, -0.2) is 9.29 Å². The van der Waals surface area contributed by atoms with Crippen molar-refractivity contribution in [2.45, 2.75) is 16.6 Å². The van der Waals surface area contributed by atoms with Crippen molar-refractivity contribution < 1.29 is 23.6 Å². The lowest BCUT2D eigenvalue weighted by atomic mass is 10.1. The molecule has 0 radical (unpaired) electrons. The molecule has 4 aromatic rings. The summed E-state index contributed by atoms with van der Waals surface area (Å²) in [5.74, 6) is -2.43. The first-order valence-electron chi connectivity index (χ1n) is 12.9. The van der Waals surface area contributed by atoms with E-state index < -0.39 is 22.9 Å². The van der Waals surface area contributed by atoms with Crippen molar-refractivity contribution in [3.63, 3.8) is 0 Å². The van der Waals surface area contributed by atoms with Gasteiger partial charge in [-0.15, -0.1) is 11.8 Å². The summed E-state index contributed by atoms with van der Waals surface area (Å²) in [4.78, 5) is 54.0. The van der Waals surface area contributed by atoms with E-state index in [2.05, 4.69) is 42.5 Å². The van der Waals surface area contributed by atoms with Crippen molar-refractivity contribution in [3.05, 3.63) is 129 Å². The second-order valence-electron chi connectivity index (χ2n) is 9.35. The first kappa shape index (κ1) is 30.4. The van der Waals surface area contributed by atoms with Gasteiger partial charge in [0.05, 0.1) is 10.9 Å². The molecule has 4 aromatic carbocycles. The minimum atomic E-state index is -0.685. The van der Waals surface area contributed by atoms with Crippen LogP contribution in [0.5, 0.6) is 0 Å². The standard InChI is InChI=1S/C32H22Br2FN3O4S/c33-20-12-14-22(15-13-20)38-29(39)18-28(32(38)42)43-23-9-4-8-21(16-23)36-31(41)27(17-24-25(34)10-5-11-26(24)35)37-30(40)19-6-2-1-3-7-19/h1-17,28H,18H2,(H,36,41)(H,37,40)/b27-17-. The second-order valence-corrected chi connectivity index (χ2v) is 12.4. The van der Waals surface area contributed by atoms with Crippen LogP contribution in [0.15, 0.2) is 117 Å². The summed E-state index contributed by atoms with van der Waals surface area (Å²) in [6.45, 7) is 0. The predicted octanol–water partition coefficient (Wildman–Crippen LogP) is 7.18. The number of thioether (sulfide) groups is 1. The molecule has 2 N–H and O–H groups in total. The predicted molar refractivity (Wildman–Crippen MR) is 172 cm³/mol. The molecule has 216 valence electrons. The van der Waals surface area contributed by atoms with Gasteiger partial charge in [0.25, 0.3) is 11.8 Å². The van der Waals surface area contributed by atoms with Crippen LogP contribution in [0.25, 0.3) is 6.08 Å². The van der Waals surface area contributed by atoms with E-state index in [1.165, 1.54) is 34.9 Å². The fraction of sp³-hybridized carbons (Fsp3) is 0.0625. The molecule has 1 atom stereocenters. The van der Waals surface area contributed by atoms with Crippen molar-refractivity contribution in [1.29, 1.82) is 0 Å². The molecule has 11 heteroatoms. The highest BCUT2D eigenvalue weighted by Crippen LogP contribution is 2.35. The number of rotatable bonds is 8. The maximum Gasteiger partial charge on any atom is 0.272 e. The van der Waals surface area contributed by atoms with E-state index in [4.69, 9.17) is 0 Å². The number of benzene rings is 4. The molecule has 0 saturated carbocycles. The number of carbonyl (C=O) groups is 4. The second kappa shape index (κ2) is 13.5. The minimum Gasteiger partial charge on any atom is -0.321 e. The third-order valence-corrected chi connectivity index (χ3v) is 8.78. The number of nitrogens with zero attached hydrogens (tertiary/aromatic N) is 1. The van der Waals surface area contributed by atoms with E-state index >= 15 is 0 Å². The Kier molecular flexibility index (Phi) is 9.54. The van der Waals surface area contributed by atoms with Crippen molar-refractivity contribution >= 4 is 84.7 Å². The van der Waals surface area contributed by atoms with Crippen LogP contribution >= 0.6 is 43.6 Å². The fourth-order valence-corrected chi connectivity index (χ4v) is 6.14. The average molecular weight is 723 g/mol. The zero-order chi connectivity index (χ0) is 30.5. The van der Waals surface area contributed by atoms with Gasteiger partial charge < -0.3 is 10.6 Å². The van der Waals surface area contributed by atoms with Crippen LogP contribution in [0.4, 0.5) is 15.8 Å². The zero-order valence-corrected chi connectivity index (χ0v) is 26.2. The number of carbonyl (C=O) groups excluding carboxylic acids is 4. The number of hydrogen-bond acceptors (Lipinski definition) is 5. The van der Waals surface area contributed by atoms with E-state index in [1.54, 1.807) is 84.9 Å². The van der Waals surface area contributed by atoms with E-state index in [0.29, 0.717) is 26.3 Å². The summed E-state index contributed by atoms with van der Waals surface area (Å²) >= 11 is 7.86. The van der Waals surface area contributed by atoms with Crippen molar-refractivity contribution in [2.75, 3.05) is 10.2 Å². The van der Waals surface area contributed by atoms with Crippen molar-refractivity contribution in [1.82, 2.24) is 5.32 Å². The first-order valence-corrected chi connectivity index (χ1v) is 15.4. The minimum absolute atomic E-state index is 0.0338. The van der Waals surface area contributed by atoms with Crippen LogP contribution in [0.2, 0.25) is 0 Å². The van der Waals surface area contributed by atoms with Gasteiger partial charge in [0.15, 0.2) is 0 Å². The molecule has 1 heterocycles. The quantitative estimate of drug-likeness (QED) is 0.148. The van der Waals surface area contributed by atoms with Gasteiger partial charge in [-0.2, -0.15) is 0 Å². The number of hydrogen-bond donors (Lipinski definition) is 2. The average Bonchev–Trinajstić information content (AvgIpc) is 3.27. The molecule has 0 aliphatic carbocycles. The summed E-state index contributed by atoms with van der Waals surface area (Å²) in [5, 5.41) is 4.70. The summed E-state index contributed by atoms with van der Waals surface area (Å²) in [6.07, 6.45) is 1.29. The van der Waals surface area contributed by atoms with Gasteiger partial charge in [0.2, 0.25) is 11.8 Å². The van der Waals surface area contributed by atoms with E-state index in [9.17, 15) is 23.6 Å². The summed E-state index contributed by atoms with van der Waals surface area (Å²) in [6, 6.07) is 26.4. The first-order chi connectivity index (χ1) is 20.7. The summed E-state index contributed by atoms with van der Waals surface area (Å²) < 4.78 is 15.9. The molecule has 1 aliphatic heterocycles. The van der Waals surface area contributed by atoms with E-state index in [1.807, 2.05) is 0 Å². The highest BCUT2D eigenvalue weighted by molar-refractivity contribution is 9.10. The topological polar surface area (TPSA) is 95.6 Å². The van der Waals surface area contributed by atoms with Gasteiger partial charge in [-0.05, 0) is 72.8 Å². The molecule has 1 saturated heterocycles. The molecule has 43 heavy (non-hydrogen) atoms. The monoisotopic (exact) mass is 721 g/mol. The maximum absolute atomic E-state index is 14.6. The number of amides is 4. The summed E-state index contributed by atoms with van der Waals surface area (Å²) in [5.41, 5.74) is 1.11. The summed E-state index contributed by atoms with van der Waals surface area (Å²) in [7, 11) is 0. The molecule has 0 spiro atoms. The molecule has 0 bridgehead atoms. The Hall–Kier alpha value is -4.06. The number of imide groups is 1. The van der Waals surface area contributed by atoms with Crippen LogP contribution in [-0.2, 0) is 14.4 Å². The lowest BCUT2D eigenvalue weighted by Gasteiger charge is -2.15. The van der Waals surface area contributed by atoms with Gasteiger partial charge in [-0.1, -0.05) is 62.2 Å². The highest BCUT2D eigenvalue weighted by atomic mass is 79.9. The SMILES string of the molecule is O=C(Nc1cccc(SC2CC(=O)N(c3ccc(Br)cc3)C2=O)c1)/C(=C/c1c(F)cccc1Br)NC(=O)c1ccccc1. The largest absolute Gasteiger partial charge is 0.321 e. The highest BCUT2D eigenvalue weighted by Gasteiger charge is 2.40. The van der Waals surface area contributed by atoms with Gasteiger partial charge in [0, 0.05) is 37.1 Å². The molecule has 7 nitrogen and oxygen atoms in total. The molecule has 1 unspecified atom stereocenters. The number of nitrogens with one attached hydrogen (secondary N) is 2. The normalized spacial score (nSPS) is 15.0. The van der Waals surface area contributed by atoms with Crippen molar-refractivity contribution in [2.24, 2.45) is 0 Å². The Labute approximate surface area is 267 Å². The molecule has 0 aromatic heterocycles. The Morgan fingerprint density at radius 2 is 1.63 bits per heavy atom. The van der Waals surface area contributed by atoms with Gasteiger partial charge >= 0.3 is 0 Å². The zero-order valence-electron chi connectivity index (χ0n) is 22.2. The maximum atomic E-state index is 14.6. The van der Waals surface area contributed by atoms with E-state index in [-0.39, 0.29) is 29.5 Å². The Bertz CT molecular complexity index is 1730. The van der Waals surface area contributed by atoms with Crippen LogP contribution in [-0.4, -0.2) is 28.9 Å². The Morgan fingerprint density at radius 1 is 0.907 bits per heavy atom. The van der Waals surface area contributed by atoms with Gasteiger partial charge in [0.1, 0.15) is 11.5 Å². The number of halogens is 3. The molecule has 4 amide bonds. The van der Waals surface area contributed by atoms with Crippen LogP contribution in [0.3, 0.4) is 0 Å². The van der Waals surface area contributed by atoms with Crippen LogP contribution in [0, 0.1) is 5.82 Å². The third-order valence-electron chi connectivity index (χ3n) is 6.38.